The second-order valence-electron chi connectivity index (χ2n) is 6.31. The number of hydrogen-bond acceptors (Lipinski definition) is 2. The standard InChI is InChI=1S/C20H27N3OS/c1-3-5-12-21-20(25)23-15-14-22-13-6-7-18(22)19(23)16-8-10-17(11-9-16)24-4-2/h6-11,13,19H,3-5,12,14-15H2,1-2H3,(H,21,25)/t19-/m0/s1. The number of ether oxygens (including phenoxy) is 1. The van der Waals surface area contributed by atoms with Gasteiger partial charge in [-0.15, -0.1) is 0 Å². The Morgan fingerprint density at radius 1 is 1.20 bits per heavy atom. The van der Waals surface area contributed by atoms with Crippen molar-refractivity contribution in [2.45, 2.75) is 39.3 Å². The normalized spacial score (nSPS) is 16.4. The molecule has 3 rings (SSSR count). The van der Waals surface area contributed by atoms with Gasteiger partial charge in [0.25, 0.3) is 0 Å². The Labute approximate surface area is 155 Å². The second kappa shape index (κ2) is 8.39. The Hall–Kier alpha value is -2.01. The minimum absolute atomic E-state index is 0.140. The fourth-order valence-corrected chi connectivity index (χ4v) is 3.64. The molecular formula is C20H27N3OS. The second-order valence-corrected chi connectivity index (χ2v) is 6.70. The zero-order chi connectivity index (χ0) is 17.6. The highest BCUT2D eigenvalue weighted by Crippen LogP contribution is 2.33. The van der Waals surface area contributed by atoms with Crippen LogP contribution in [0.2, 0.25) is 0 Å². The van der Waals surface area contributed by atoms with E-state index in [1.807, 2.05) is 19.1 Å². The summed E-state index contributed by atoms with van der Waals surface area (Å²) in [7, 11) is 0. The Kier molecular flexibility index (Phi) is 5.97. The number of nitrogens with one attached hydrogen (secondary N) is 1. The third-order valence-corrected chi connectivity index (χ3v) is 4.99. The van der Waals surface area contributed by atoms with E-state index in [9.17, 15) is 0 Å². The fraction of sp³-hybridized carbons (Fsp3) is 0.450. The van der Waals surface area contributed by atoms with Crippen molar-refractivity contribution in [3.63, 3.8) is 0 Å². The highest BCUT2D eigenvalue weighted by atomic mass is 32.1. The van der Waals surface area contributed by atoms with E-state index in [1.165, 1.54) is 17.7 Å². The first-order chi connectivity index (χ1) is 12.2. The van der Waals surface area contributed by atoms with E-state index in [-0.39, 0.29) is 6.04 Å². The van der Waals surface area contributed by atoms with E-state index >= 15 is 0 Å². The van der Waals surface area contributed by atoms with Gasteiger partial charge in [-0.05, 0) is 55.4 Å². The van der Waals surface area contributed by atoms with Crippen molar-refractivity contribution in [1.29, 1.82) is 0 Å². The maximum Gasteiger partial charge on any atom is 0.169 e. The lowest BCUT2D eigenvalue weighted by Gasteiger charge is -2.39. The molecule has 1 aromatic carbocycles. The van der Waals surface area contributed by atoms with Gasteiger partial charge in [0, 0.05) is 31.5 Å². The summed E-state index contributed by atoms with van der Waals surface area (Å²) in [5.74, 6) is 0.910. The molecule has 1 aliphatic heterocycles. The molecule has 134 valence electrons. The van der Waals surface area contributed by atoms with Gasteiger partial charge < -0.3 is 19.5 Å². The lowest BCUT2D eigenvalue weighted by Crippen LogP contribution is -2.47. The minimum atomic E-state index is 0.140. The molecule has 2 heterocycles. The largest absolute Gasteiger partial charge is 0.494 e. The summed E-state index contributed by atoms with van der Waals surface area (Å²) < 4.78 is 7.91. The van der Waals surface area contributed by atoms with Gasteiger partial charge in [-0.2, -0.15) is 0 Å². The van der Waals surface area contributed by atoms with Crippen LogP contribution in [0, 0.1) is 0 Å². The van der Waals surface area contributed by atoms with Crippen molar-refractivity contribution in [3.05, 3.63) is 53.9 Å². The molecule has 0 bridgehead atoms. The number of nitrogens with zero attached hydrogens (tertiary/aromatic N) is 2. The van der Waals surface area contributed by atoms with Crippen molar-refractivity contribution in [1.82, 2.24) is 14.8 Å². The molecule has 0 saturated carbocycles. The van der Waals surface area contributed by atoms with E-state index in [2.05, 4.69) is 52.2 Å². The molecule has 1 N–H and O–H groups in total. The molecule has 0 fully saturated rings. The monoisotopic (exact) mass is 357 g/mol. The molecule has 1 aliphatic rings. The van der Waals surface area contributed by atoms with Gasteiger partial charge in [0.2, 0.25) is 0 Å². The summed E-state index contributed by atoms with van der Waals surface area (Å²) in [6.07, 6.45) is 4.46. The smallest absolute Gasteiger partial charge is 0.169 e. The third kappa shape index (κ3) is 3.98. The fourth-order valence-electron chi connectivity index (χ4n) is 3.34. The van der Waals surface area contributed by atoms with Gasteiger partial charge in [-0.25, -0.2) is 0 Å². The molecule has 0 saturated heterocycles. The summed E-state index contributed by atoms with van der Waals surface area (Å²) >= 11 is 5.72. The van der Waals surface area contributed by atoms with Gasteiger partial charge >= 0.3 is 0 Å². The number of aromatic nitrogens is 1. The summed E-state index contributed by atoms with van der Waals surface area (Å²) in [6, 6.07) is 12.9. The van der Waals surface area contributed by atoms with E-state index in [0.29, 0.717) is 6.61 Å². The number of rotatable bonds is 6. The number of thiocarbonyl (C=S) groups is 1. The molecule has 5 heteroatoms. The zero-order valence-corrected chi connectivity index (χ0v) is 15.9. The number of hydrogen-bond donors (Lipinski definition) is 1. The van der Waals surface area contributed by atoms with Crippen LogP contribution >= 0.6 is 12.2 Å². The summed E-state index contributed by atoms with van der Waals surface area (Å²) in [4.78, 5) is 2.32. The van der Waals surface area contributed by atoms with Crippen LogP contribution in [-0.2, 0) is 6.54 Å². The van der Waals surface area contributed by atoms with Gasteiger partial charge in [-0.1, -0.05) is 25.5 Å². The summed E-state index contributed by atoms with van der Waals surface area (Å²) in [5, 5.41) is 4.28. The van der Waals surface area contributed by atoms with Crippen LogP contribution in [0.4, 0.5) is 0 Å². The zero-order valence-electron chi connectivity index (χ0n) is 15.1. The van der Waals surface area contributed by atoms with Crippen molar-refractivity contribution in [2.75, 3.05) is 19.7 Å². The molecule has 0 aliphatic carbocycles. The lowest BCUT2D eigenvalue weighted by atomic mass is 10.00. The van der Waals surface area contributed by atoms with Crippen LogP contribution in [0.1, 0.15) is 44.0 Å². The predicted octanol–water partition coefficient (Wildman–Crippen LogP) is 3.97. The minimum Gasteiger partial charge on any atom is -0.494 e. The number of benzene rings is 1. The van der Waals surface area contributed by atoms with E-state index in [0.717, 1.165) is 36.9 Å². The van der Waals surface area contributed by atoms with E-state index in [1.54, 1.807) is 0 Å². The number of fused-ring (bicyclic) bond motifs is 1. The van der Waals surface area contributed by atoms with E-state index < -0.39 is 0 Å². The molecule has 0 radical (unpaired) electrons. The van der Waals surface area contributed by atoms with Gasteiger partial charge in [0.15, 0.2) is 5.11 Å². The topological polar surface area (TPSA) is 29.4 Å². The Bertz CT molecular complexity index is 695. The van der Waals surface area contributed by atoms with Crippen molar-refractivity contribution < 1.29 is 4.74 Å². The van der Waals surface area contributed by atoms with E-state index in [4.69, 9.17) is 17.0 Å². The van der Waals surface area contributed by atoms with Gasteiger partial charge in [0.1, 0.15) is 5.75 Å². The van der Waals surface area contributed by atoms with Crippen LogP contribution in [-0.4, -0.2) is 34.3 Å². The molecule has 0 unspecified atom stereocenters. The Balaban J connectivity index is 1.86. The molecular weight excluding hydrogens is 330 g/mol. The average Bonchev–Trinajstić information content (AvgIpc) is 3.11. The Morgan fingerprint density at radius 2 is 2.00 bits per heavy atom. The lowest BCUT2D eigenvalue weighted by molar-refractivity contribution is 0.285. The highest BCUT2D eigenvalue weighted by Gasteiger charge is 2.30. The maximum atomic E-state index is 5.72. The first-order valence-corrected chi connectivity index (χ1v) is 9.57. The van der Waals surface area contributed by atoms with Crippen LogP contribution in [0.3, 0.4) is 0 Å². The van der Waals surface area contributed by atoms with Crippen LogP contribution in [0.15, 0.2) is 42.6 Å². The number of unbranched alkanes of at least 4 members (excludes halogenated alkanes) is 1. The van der Waals surface area contributed by atoms with Crippen LogP contribution in [0.5, 0.6) is 5.75 Å². The van der Waals surface area contributed by atoms with Crippen LogP contribution in [0.25, 0.3) is 0 Å². The maximum absolute atomic E-state index is 5.72. The molecule has 1 aromatic heterocycles. The third-order valence-electron chi connectivity index (χ3n) is 4.61. The van der Waals surface area contributed by atoms with Crippen LogP contribution < -0.4 is 10.1 Å². The molecule has 0 amide bonds. The quantitative estimate of drug-likeness (QED) is 0.626. The van der Waals surface area contributed by atoms with Crippen molar-refractivity contribution in [2.24, 2.45) is 0 Å². The predicted molar refractivity (Wildman–Crippen MR) is 106 cm³/mol. The summed E-state index contributed by atoms with van der Waals surface area (Å²) in [6.45, 7) is 7.69. The summed E-state index contributed by atoms with van der Waals surface area (Å²) in [5.41, 5.74) is 2.53. The van der Waals surface area contributed by atoms with Gasteiger partial charge in [-0.3, -0.25) is 0 Å². The van der Waals surface area contributed by atoms with Crippen molar-refractivity contribution in [3.8, 4) is 5.75 Å². The molecule has 2 aromatic rings. The molecule has 25 heavy (non-hydrogen) atoms. The first-order valence-electron chi connectivity index (χ1n) is 9.16. The molecule has 4 nitrogen and oxygen atoms in total. The highest BCUT2D eigenvalue weighted by molar-refractivity contribution is 7.80. The average molecular weight is 358 g/mol. The Morgan fingerprint density at radius 3 is 2.72 bits per heavy atom. The molecule has 1 atom stereocenters. The molecule has 0 spiro atoms. The first kappa shape index (κ1) is 17.8. The van der Waals surface area contributed by atoms with Crippen molar-refractivity contribution >= 4 is 17.3 Å². The SMILES string of the molecule is CCCCNC(=S)N1CCn2cccc2[C@@H]1c1ccc(OCC)cc1. The van der Waals surface area contributed by atoms with Gasteiger partial charge in [0.05, 0.1) is 12.6 Å².